The Morgan fingerprint density at radius 3 is 1.94 bits per heavy atom. The third kappa shape index (κ3) is 9.76. The fourth-order valence-electron chi connectivity index (χ4n) is 0.963. The van der Waals surface area contributed by atoms with Crippen molar-refractivity contribution in [1.29, 1.82) is 0 Å². The summed E-state index contributed by atoms with van der Waals surface area (Å²) in [6, 6.07) is 0. The van der Waals surface area contributed by atoms with Crippen LogP contribution in [-0.4, -0.2) is 68.7 Å². The molecule has 0 aromatic heterocycles. The molecule has 0 aliphatic rings. The van der Waals surface area contributed by atoms with Gasteiger partial charge in [0, 0.05) is 5.88 Å². The van der Waals surface area contributed by atoms with E-state index in [2.05, 4.69) is 6.92 Å². The summed E-state index contributed by atoms with van der Waals surface area (Å²) in [4.78, 5) is 9.90. The van der Waals surface area contributed by atoms with Gasteiger partial charge in [-0.1, -0.05) is 19.8 Å². The van der Waals surface area contributed by atoms with Gasteiger partial charge in [0.2, 0.25) is 0 Å². The fraction of sp³-hybridized carbons (Fsp3) is 0.909. The van der Waals surface area contributed by atoms with E-state index in [1.807, 2.05) is 0 Å². The van der Waals surface area contributed by atoms with Crippen molar-refractivity contribution in [2.24, 2.45) is 0 Å². The lowest BCUT2D eigenvalue weighted by Crippen LogP contribution is -2.46. The summed E-state index contributed by atoms with van der Waals surface area (Å²) in [5, 5.41) is 43.5. The van der Waals surface area contributed by atoms with Gasteiger partial charge in [-0.15, -0.1) is 11.6 Å². The number of halogens is 1. The van der Waals surface area contributed by atoms with Crippen molar-refractivity contribution in [3.8, 4) is 0 Å². The first-order valence-electron chi connectivity index (χ1n) is 5.80. The van der Waals surface area contributed by atoms with Crippen LogP contribution in [-0.2, 0) is 4.79 Å². The molecule has 7 heteroatoms. The molecule has 4 unspecified atom stereocenters. The molecule has 0 rings (SSSR count). The van der Waals surface area contributed by atoms with Crippen molar-refractivity contribution in [3.63, 3.8) is 0 Å². The molecule has 0 bridgehead atoms. The molecule has 0 aromatic carbocycles. The van der Waals surface area contributed by atoms with E-state index in [1.54, 1.807) is 0 Å². The van der Waals surface area contributed by atoms with Crippen molar-refractivity contribution in [3.05, 3.63) is 0 Å². The second kappa shape index (κ2) is 13.2. The second-order valence-electron chi connectivity index (χ2n) is 3.75. The van der Waals surface area contributed by atoms with Gasteiger partial charge in [0.15, 0.2) is 6.29 Å². The first-order valence-corrected chi connectivity index (χ1v) is 6.34. The number of carbonyl (C=O) groups is 1. The van der Waals surface area contributed by atoms with Crippen LogP contribution in [0.15, 0.2) is 0 Å². The normalized spacial score (nSPS) is 17.1. The van der Waals surface area contributed by atoms with Gasteiger partial charge in [-0.05, 0) is 6.42 Å². The Morgan fingerprint density at radius 2 is 1.67 bits per heavy atom. The molecule has 18 heavy (non-hydrogen) atoms. The van der Waals surface area contributed by atoms with Gasteiger partial charge in [-0.2, -0.15) is 0 Å². The van der Waals surface area contributed by atoms with Crippen molar-refractivity contribution in [2.45, 2.75) is 50.6 Å². The lowest BCUT2D eigenvalue weighted by atomic mass is 10.0. The van der Waals surface area contributed by atoms with Crippen LogP contribution in [0.1, 0.15) is 26.2 Å². The Labute approximate surface area is 112 Å². The number of unbranched alkanes of at least 4 members (excludes halogenated alkanes) is 2. The van der Waals surface area contributed by atoms with Crippen molar-refractivity contribution >= 4 is 17.9 Å². The molecule has 6 nitrogen and oxygen atoms in total. The highest BCUT2D eigenvalue weighted by molar-refractivity contribution is 6.17. The summed E-state index contributed by atoms with van der Waals surface area (Å²) in [6.07, 6.45) is -3.11. The quantitative estimate of drug-likeness (QED) is 0.223. The average molecular weight is 287 g/mol. The van der Waals surface area contributed by atoms with E-state index in [0.29, 0.717) is 0 Å². The van der Waals surface area contributed by atoms with Crippen LogP contribution in [0.3, 0.4) is 0 Å². The van der Waals surface area contributed by atoms with Gasteiger partial charge in [0.05, 0.1) is 6.61 Å². The van der Waals surface area contributed by atoms with Crippen LogP contribution >= 0.6 is 11.6 Å². The van der Waals surface area contributed by atoms with Gasteiger partial charge in [-0.25, -0.2) is 0 Å². The lowest BCUT2D eigenvalue weighted by Gasteiger charge is -2.22. The number of hydrogen-bond acceptors (Lipinski definition) is 6. The molecule has 0 aliphatic carbocycles. The zero-order valence-corrected chi connectivity index (χ0v) is 11.2. The Morgan fingerprint density at radius 1 is 1.11 bits per heavy atom. The molecule has 0 heterocycles. The van der Waals surface area contributed by atoms with E-state index in [-0.39, 0.29) is 6.29 Å². The number of aldehydes is 1. The summed E-state index contributed by atoms with van der Waals surface area (Å²) >= 11 is 5.38. The first-order chi connectivity index (χ1) is 8.45. The predicted molar refractivity (Wildman–Crippen MR) is 67.4 cm³/mol. The molecule has 0 saturated carbocycles. The maximum atomic E-state index is 9.90. The summed E-state index contributed by atoms with van der Waals surface area (Å²) in [5.41, 5.74) is 0. The zero-order valence-electron chi connectivity index (χ0n) is 10.4. The fourth-order valence-corrected chi connectivity index (χ4v) is 1.15. The number of carbonyl (C=O) groups excluding carboxylic acids is 1. The van der Waals surface area contributed by atoms with Crippen LogP contribution in [0.5, 0.6) is 0 Å². The summed E-state index contributed by atoms with van der Waals surface area (Å²) in [6.45, 7) is 1.41. The molecule has 0 radical (unpaired) electrons. The minimum Gasteiger partial charge on any atom is -0.394 e. The van der Waals surface area contributed by atoms with Gasteiger partial charge in [0.1, 0.15) is 24.4 Å². The number of alkyl halides is 1. The molecule has 0 spiro atoms. The third-order valence-electron chi connectivity index (χ3n) is 2.16. The van der Waals surface area contributed by atoms with Crippen molar-refractivity contribution < 1.29 is 30.3 Å². The van der Waals surface area contributed by atoms with E-state index in [1.165, 1.54) is 19.3 Å². The van der Waals surface area contributed by atoms with E-state index in [9.17, 15) is 4.79 Å². The highest BCUT2D eigenvalue weighted by Crippen LogP contribution is 2.02. The van der Waals surface area contributed by atoms with Crippen LogP contribution < -0.4 is 0 Å². The predicted octanol–water partition coefficient (Wildman–Crippen LogP) is -0.963. The minimum atomic E-state index is -1.79. The zero-order chi connectivity index (χ0) is 14.6. The number of hydrogen-bond donors (Lipinski definition) is 5. The van der Waals surface area contributed by atoms with Crippen LogP contribution in [0, 0.1) is 0 Å². The van der Waals surface area contributed by atoms with Crippen LogP contribution in [0.2, 0.25) is 0 Å². The Kier molecular flexibility index (Phi) is 14.7. The number of aliphatic hydroxyl groups is 5. The second-order valence-corrected chi connectivity index (χ2v) is 4.13. The number of aliphatic hydroxyl groups excluding tert-OH is 5. The van der Waals surface area contributed by atoms with E-state index in [0.717, 1.165) is 5.88 Å². The van der Waals surface area contributed by atoms with Gasteiger partial charge in [-0.3, -0.25) is 0 Å². The smallest absolute Gasteiger partial charge is 0.151 e. The molecule has 0 fully saturated rings. The van der Waals surface area contributed by atoms with Crippen molar-refractivity contribution in [2.75, 3.05) is 12.5 Å². The SMILES string of the molecule is CCCCCCl.O=CC(O)C(O)C(O)C(O)CO. The standard InChI is InChI=1S/C6H12O6.C5H11Cl/c7-1-3(9)5(11)6(12)4(10)2-8;1-2-3-4-5-6/h1,3-6,8-12H,2H2;2-5H2,1H3. The Bertz CT molecular complexity index is 188. The van der Waals surface area contributed by atoms with E-state index < -0.39 is 31.0 Å². The molecule has 0 saturated heterocycles. The Hall–Kier alpha value is -0.240. The van der Waals surface area contributed by atoms with Crippen LogP contribution in [0.25, 0.3) is 0 Å². The van der Waals surface area contributed by atoms with Crippen LogP contribution in [0.4, 0.5) is 0 Å². The summed E-state index contributed by atoms with van der Waals surface area (Å²) in [5.74, 6) is 0.827. The highest BCUT2D eigenvalue weighted by Gasteiger charge is 2.29. The minimum absolute atomic E-state index is 0.0258. The molecular weight excluding hydrogens is 264 g/mol. The van der Waals surface area contributed by atoms with Gasteiger partial charge < -0.3 is 30.3 Å². The molecule has 0 aliphatic heterocycles. The van der Waals surface area contributed by atoms with Crippen molar-refractivity contribution in [1.82, 2.24) is 0 Å². The highest BCUT2D eigenvalue weighted by atomic mass is 35.5. The molecule has 5 N–H and O–H groups in total. The molecule has 0 aromatic rings. The van der Waals surface area contributed by atoms with Gasteiger partial charge >= 0.3 is 0 Å². The largest absolute Gasteiger partial charge is 0.394 e. The van der Waals surface area contributed by atoms with E-state index >= 15 is 0 Å². The maximum absolute atomic E-state index is 9.90. The lowest BCUT2D eigenvalue weighted by molar-refractivity contribution is -0.136. The Balaban J connectivity index is 0. The first kappa shape index (κ1) is 20.1. The maximum Gasteiger partial charge on any atom is 0.151 e. The number of rotatable bonds is 8. The average Bonchev–Trinajstić information content (AvgIpc) is 2.42. The topological polar surface area (TPSA) is 118 Å². The van der Waals surface area contributed by atoms with E-state index in [4.69, 9.17) is 37.1 Å². The molecule has 110 valence electrons. The monoisotopic (exact) mass is 286 g/mol. The van der Waals surface area contributed by atoms with Gasteiger partial charge in [0.25, 0.3) is 0 Å². The molecule has 4 atom stereocenters. The summed E-state index contributed by atoms with van der Waals surface area (Å²) in [7, 11) is 0. The molecular formula is C11H23ClO6. The third-order valence-corrected chi connectivity index (χ3v) is 2.42. The molecule has 0 amide bonds. The summed E-state index contributed by atoms with van der Waals surface area (Å²) < 4.78 is 0.